The number of carbonyl (C=O) groups excluding carboxylic acids is 1. The molecule has 2 N–H and O–H groups in total. The fourth-order valence-electron chi connectivity index (χ4n) is 4.09. The molecule has 25 heavy (non-hydrogen) atoms. The van der Waals surface area contributed by atoms with Gasteiger partial charge in [0.15, 0.2) is 0 Å². The number of amides is 1. The zero-order valence-corrected chi connectivity index (χ0v) is 15.1. The van der Waals surface area contributed by atoms with E-state index in [2.05, 4.69) is 10.2 Å². The predicted octanol–water partition coefficient (Wildman–Crippen LogP) is 2.50. The number of rotatable bonds is 6. The van der Waals surface area contributed by atoms with Crippen molar-refractivity contribution >= 4 is 5.91 Å². The molecular formula is C20H30N2O3. The Morgan fingerprint density at radius 1 is 1.32 bits per heavy atom. The molecule has 1 heterocycles. The van der Waals surface area contributed by atoms with Crippen LogP contribution in [0, 0.1) is 5.92 Å². The highest BCUT2D eigenvalue weighted by Gasteiger charge is 2.32. The number of nitrogens with one attached hydrogen (secondary N) is 1. The Hall–Kier alpha value is -1.59. The monoisotopic (exact) mass is 346 g/mol. The first-order chi connectivity index (χ1) is 12.2. The average molecular weight is 346 g/mol. The third-order valence-electron chi connectivity index (χ3n) is 5.63. The molecule has 2 fully saturated rings. The molecule has 1 aliphatic carbocycles. The molecule has 2 atom stereocenters. The van der Waals surface area contributed by atoms with Crippen molar-refractivity contribution in [3.05, 3.63) is 29.8 Å². The number of aliphatic hydroxyl groups excluding tert-OH is 1. The van der Waals surface area contributed by atoms with Gasteiger partial charge in [0, 0.05) is 19.1 Å². The van der Waals surface area contributed by atoms with Crippen molar-refractivity contribution in [2.24, 2.45) is 5.92 Å². The van der Waals surface area contributed by atoms with Crippen molar-refractivity contribution in [2.75, 3.05) is 26.7 Å². The second kappa shape index (κ2) is 8.68. The Balaban J connectivity index is 1.46. The smallest absolute Gasteiger partial charge is 0.224 e. The fraction of sp³-hybridized carbons (Fsp3) is 0.650. The molecule has 1 saturated carbocycles. The van der Waals surface area contributed by atoms with Gasteiger partial charge in [-0.25, -0.2) is 0 Å². The van der Waals surface area contributed by atoms with Crippen LogP contribution in [-0.4, -0.2) is 48.7 Å². The molecule has 0 unspecified atom stereocenters. The molecule has 1 saturated heterocycles. The largest absolute Gasteiger partial charge is 0.497 e. The van der Waals surface area contributed by atoms with E-state index < -0.39 is 6.10 Å². The van der Waals surface area contributed by atoms with Gasteiger partial charge in [0.25, 0.3) is 0 Å². The number of likely N-dealkylation sites (tertiary alicyclic amines) is 1. The van der Waals surface area contributed by atoms with E-state index in [0.717, 1.165) is 25.1 Å². The Labute approximate surface area is 150 Å². The van der Waals surface area contributed by atoms with Crippen molar-refractivity contribution in [3.8, 4) is 5.75 Å². The highest BCUT2D eigenvalue weighted by atomic mass is 16.5. The molecule has 2 aliphatic rings. The van der Waals surface area contributed by atoms with Crippen LogP contribution in [0.5, 0.6) is 5.75 Å². The van der Waals surface area contributed by atoms with Gasteiger partial charge in [-0.1, -0.05) is 31.4 Å². The van der Waals surface area contributed by atoms with E-state index in [1.807, 2.05) is 18.2 Å². The van der Waals surface area contributed by atoms with Gasteiger partial charge >= 0.3 is 0 Å². The fourth-order valence-corrected chi connectivity index (χ4v) is 4.09. The average Bonchev–Trinajstić information content (AvgIpc) is 3.17. The van der Waals surface area contributed by atoms with E-state index in [9.17, 15) is 9.90 Å². The van der Waals surface area contributed by atoms with Crippen molar-refractivity contribution in [1.82, 2.24) is 10.2 Å². The first-order valence-electron chi connectivity index (χ1n) is 9.51. The molecule has 138 valence electrons. The highest BCUT2D eigenvalue weighted by Crippen LogP contribution is 2.28. The maximum atomic E-state index is 12.5. The molecule has 0 spiro atoms. The van der Waals surface area contributed by atoms with Crippen LogP contribution in [-0.2, 0) is 4.79 Å². The van der Waals surface area contributed by atoms with E-state index in [1.165, 1.54) is 32.1 Å². The van der Waals surface area contributed by atoms with Crippen molar-refractivity contribution < 1.29 is 14.6 Å². The Morgan fingerprint density at radius 3 is 2.88 bits per heavy atom. The molecule has 1 aromatic carbocycles. The summed E-state index contributed by atoms with van der Waals surface area (Å²) in [6, 6.07) is 8.01. The summed E-state index contributed by atoms with van der Waals surface area (Å²) in [5.41, 5.74) is 0.759. The van der Waals surface area contributed by atoms with Gasteiger partial charge in [-0.05, 0) is 43.5 Å². The number of hydrogen-bond donors (Lipinski definition) is 2. The zero-order valence-electron chi connectivity index (χ0n) is 15.1. The second-order valence-electron chi connectivity index (χ2n) is 7.31. The number of ether oxygens (including phenoxy) is 1. The molecule has 1 amide bonds. The summed E-state index contributed by atoms with van der Waals surface area (Å²) in [4.78, 5) is 15.0. The van der Waals surface area contributed by atoms with Crippen LogP contribution >= 0.6 is 0 Å². The third kappa shape index (κ3) is 4.73. The molecule has 0 aromatic heterocycles. The summed E-state index contributed by atoms with van der Waals surface area (Å²) in [5.74, 6) is 0.835. The number of nitrogens with zero attached hydrogens (tertiary/aromatic N) is 1. The first kappa shape index (κ1) is 18.2. The maximum absolute atomic E-state index is 12.5. The van der Waals surface area contributed by atoms with E-state index in [0.29, 0.717) is 11.8 Å². The van der Waals surface area contributed by atoms with Gasteiger partial charge in [-0.3, -0.25) is 9.69 Å². The minimum absolute atomic E-state index is 0.0550. The van der Waals surface area contributed by atoms with Gasteiger partial charge in [-0.2, -0.15) is 0 Å². The topological polar surface area (TPSA) is 61.8 Å². The van der Waals surface area contributed by atoms with E-state index in [-0.39, 0.29) is 18.4 Å². The minimum atomic E-state index is -0.713. The molecule has 3 rings (SSSR count). The van der Waals surface area contributed by atoms with Gasteiger partial charge in [0.2, 0.25) is 5.91 Å². The molecule has 0 radical (unpaired) electrons. The first-order valence-corrected chi connectivity index (χ1v) is 9.51. The zero-order chi connectivity index (χ0) is 17.6. The number of benzene rings is 1. The van der Waals surface area contributed by atoms with Gasteiger partial charge in [0.05, 0.1) is 19.1 Å². The predicted molar refractivity (Wildman–Crippen MR) is 97.5 cm³/mol. The summed E-state index contributed by atoms with van der Waals surface area (Å²) in [6.45, 7) is 2.14. The van der Waals surface area contributed by atoms with E-state index in [4.69, 9.17) is 4.74 Å². The van der Waals surface area contributed by atoms with Crippen LogP contribution < -0.4 is 10.1 Å². The van der Waals surface area contributed by atoms with Gasteiger partial charge in [0.1, 0.15) is 5.75 Å². The maximum Gasteiger partial charge on any atom is 0.224 e. The molecule has 1 aliphatic heterocycles. The molecule has 1 aromatic rings. The normalized spacial score (nSPS) is 23.4. The van der Waals surface area contributed by atoms with Crippen molar-refractivity contribution in [2.45, 2.75) is 50.7 Å². The summed E-state index contributed by atoms with van der Waals surface area (Å²) in [7, 11) is 1.60. The van der Waals surface area contributed by atoms with Crippen LogP contribution in [0.15, 0.2) is 24.3 Å². The number of methoxy groups -OCH3 is 1. The van der Waals surface area contributed by atoms with Gasteiger partial charge in [-0.15, -0.1) is 0 Å². The van der Waals surface area contributed by atoms with Gasteiger partial charge < -0.3 is 15.2 Å². The lowest BCUT2D eigenvalue weighted by Crippen LogP contribution is -2.38. The lowest BCUT2D eigenvalue weighted by atomic mass is 9.94. The van der Waals surface area contributed by atoms with E-state index >= 15 is 0 Å². The number of carbonyl (C=O) groups is 1. The molecule has 5 heteroatoms. The summed E-state index contributed by atoms with van der Waals surface area (Å²) in [5, 5.41) is 13.2. The Bertz CT molecular complexity index is 572. The van der Waals surface area contributed by atoms with Crippen LogP contribution in [0.3, 0.4) is 0 Å². The lowest BCUT2D eigenvalue weighted by molar-refractivity contribution is -0.125. The highest BCUT2D eigenvalue weighted by molar-refractivity contribution is 5.79. The lowest BCUT2D eigenvalue weighted by Gasteiger charge is -2.30. The van der Waals surface area contributed by atoms with Crippen LogP contribution in [0.1, 0.15) is 50.2 Å². The third-order valence-corrected chi connectivity index (χ3v) is 5.63. The second-order valence-corrected chi connectivity index (χ2v) is 7.31. The molecule has 5 nitrogen and oxygen atoms in total. The number of hydrogen-bond acceptors (Lipinski definition) is 4. The standard InChI is InChI=1S/C20H30N2O3/c1-25-18-9-5-6-15(12-18)19(23)13-21-20(24)16-10-11-22(14-16)17-7-3-2-4-8-17/h5-6,9,12,16-17,19,23H,2-4,7-8,10-11,13-14H2,1H3,(H,21,24)/t16-,19+/m0/s1. The summed E-state index contributed by atoms with van der Waals surface area (Å²) < 4.78 is 5.18. The Kier molecular flexibility index (Phi) is 6.32. The summed E-state index contributed by atoms with van der Waals surface area (Å²) >= 11 is 0. The SMILES string of the molecule is COc1cccc([C@H](O)CNC(=O)[C@H]2CCN(C3CCCCC3)C2)c1. The Morgan fingerprint density at radius 2 is 2.12 bits per heavy atom. The van der Waals surface area contributed by atoms with E-state index in [1.54, 1.807) is 13.2 Å². The molecule has 0 bridgehead atoms. The van der Waals surface area contributed by atoms with Crippen molar-refractivity contribution in [3.63, 3.8) is 0 Å². The quantitative estimate of drug-likeness (QED) is 0.831. The minimum Gasteiger partial charge on any atom is -0.497 e. The van der Waals surface area contributed by atoms with Crippen LogP contribution in [0.4, 0.5) is 0 Å². The summed E-state index contributed by atoms with van der Waals surface area (Å²) in [6.07, 6.45) is 6.78. The van der Waals surface area contributed by atoms with Crippen molar-refractivity contribution in [1.29, 1.82) is 0 Å². The van der Waals surface area contributed by atoms with Crippen LogP contribution in [0.25, 0.3) is 0 Å². The number of aliphatic hydroxyl groups is 1. The van der Waals surface area contributed by atoms with Crippen LogP contribution in [0.2, 0.25) is 0 Å². The molecular weight excluding hydrogens is 316 g/mol.